The van der Waals surface area contributed by atoms with Crippen molar-refractivity contribution in [2.24, 2.45) is 0 Å². The highest BCUT2D eigenvalue weighted by atomic mass is 35.5. The van der Waals surface area contributed by atoms with Crippen LogP contribution in [0, 0.1) is 0 Å². The fourth-order valence-corrected chi connectivity index (χ4v) is 1.59. The molecule has 0 heterocycles. The third-order valence-electron chi connectivity index (χ3n) is 1.68. The maximum absolute atomic E-state index is 10.3. The van der Waals surface area contributed by atoms with E-state index in [1.807, 2.05) is 0 Å². The Kier molecular flexibility index (Phi) is 4.00. The Morgan fingerprint density at radius 3 is 2.33 bits per heavy atom. The van der Waals surface area contributed by atoms with E-state index in [0.717, 1.165) is 6.08 Å². The Balaban J connectivity index is 3.14. The zero-order valence-corrected chi connectivity index (χ0v) is 9.34. The van der Waals surface area contributed by atoms with Crippen molar-refractivity contribution in [1.29, 1.82) is 0 Å². The predicted octanol–water partition coefficient (Wildman–Crippen LogP) is 3.10. The van der Waals surface area contributed by atoms with Gasteiger partial charge in [-0.1, -0.05) is 23.2 Å². The number of carbonyl (C=O) groups is 1. The van der Waals surface area contributed by atoms with E-state index < -0.39 is 5.97 Å². The molecule has 0 bridgehead atoms. The minimum Gasteiger partial charge on any atom is -0.497 e. The second-order valence-corrected chi connectivity index (χ2v) is 3.49. The average molecular weight is 247 g/mol. The number of rotatable bonds is 3. The third-order valence-corrected chi connectivity index (χ3v) is 2.31. The Hall–Kier alpha value is -1.19. The Morgan fingerprint density at radius 1 is 1.40 bits per heavy atom. The molecule has 0 saturated carbocycles. The zero-order chi connectivity index (χ0) is 11.4. The number of carboxylic acids is 1. The first-order valence-corrected chi connectivity index (χ1v) is 4.74. The average Bonchev–Trinajstić information content (AvgIpc) is 2.15. The first-order valence-electron chi connectivity index (χ1n) is 3.98. The number of hydrogen-bond donors (Lipinski definition) is 1. The molecule has 3 nitrogen and oxygen atoms in total. The summed E-state index contributed by atoms with van der Waals surface area (Å²) in [4.78, 5) is 10.3. The Morgan fingerprint density at radius 2 is 1.93 bits per heavy atom. The van der Waals surface area contributed by atoms with Gasteiger partial charge in [0.25, 0.3) is 0 Å². The first-order chi connectivity index (χ1) is 7.04. The lowest BCUT2D eigenvalue weighted by Gasteiger charge is -2.05. The van der Waals surface area contributed by atoms with Crippen molar-refractivity contribution in [2.75, 3.05) is 7.11 Å². The molecule has 0 fully saturated rings. The van der Waals surface area contributed by atoms with E-state index in [-0.39, 0.29) is 0 Å². The van der Waals surface area contributed by atoms with E-state index in [9.17, 15) is 4.79 Å². The van der Waals surface area contributed by atoms with E-state index in [1.165, 1.54) is 13.2 Å². The van der Waals surface area contributed by atoms with Gasteiger partial charge >= 0.3 is 5.97 Å². The van der Waals surface area contributed by atoms with Crippen molar-refractivity contribution < 1.29 is 14.6 Å². The van der Waals surface area contributed by atoms with Crippen molar-refractivity contribution in [3.05, 3.63) is 33.8 Å². The molecule has 0 spiro atoms. The molecule has 15 heavy (non-hydrogen) atoms. The van der Waals surface area contributed by atoms with Gasteiger partial charge in [-0.15, -0.1) is 0 Å². The van der Waals surface area contributed by atoms with Crippen molar-refractivity contribution in [3.8, 4) is 5.75 Å². The first kappa shape index (κ1) is 11.9. The van der Waals surface area contributed by atoms with Gasteiger partial charge in [-0.3, -0.25) is 0 Å². The minimum absolute atomic E-state index is 0.344. The van der Waals surface area contributed by atoms with Crippen LogP contribution in [-0.2, 0) is 4.79 Å². The van der Waals surface area contributed by atoms with Gasteiger partial charge < -0.3 is 9.84 Å². The predicted molar refractivity (Wildman–Crippen MR) is 59.7 cm³/mol. The van der Waals surface area contributed by atoms with Crippen LogP contribution < -0.4 is 4.74 Å². The second-order valence-electron chi connectivity index (χ2n) is 2.68. The van der Waals surface area contributed by atoms with Gasteiger partial charge in [-0.25, -0.2) is 4.79 Å². The lowest BCUT2D eigenvalue weighted by molar-refractivity contribution is -0.131. The van der Waals surface area contributed by atoms with Crippen LogP contribution in [0.3, 0.4) is 0 Å². The van der Waals surface area contributed by atoms with Gasteiger partial charge in [0.2, 0.25) is 0 Å². The number of carboxylic acid groups (broad SMARTS) is 1. The molecule has 1 N–H and O–H groups in total. The van der Waals surface area contributed by atoms with Crippen LogP contribution in [0.1, 0.15) is 5.56 Å². The van der Waals surface area contributed by atoms with Crippen LogP contribution in [-0.4, -0.2) is 18.2 Å². The number of benzene rings is 1. The standard InChI is InChI=1S/C10H8Cl2O3/c1-15-6-4-8(11)7(9(12)5-6)2-3-10(13)14/h2-5H,1H3,(H,13,14)/b3-2+. The fourth-order valence-electron chi connectivity index (χ4n) is 0.993. The summed E-state index contributed by atoms with van der Waals surface area (Å²) in [6, 6.07) is 3.13. The molecule has 1 aromatic carbocycles. The van der Waals surface area contributed by atoms with Gasteiger partial charge in [0, 0.05) is 11.6 Å². The molecule has 0 saturated heterocycles. The number of halogens is 2. The van der Waals surface area contributed by atoms with E-state index in [1.54, 1.807) is 12.1 Å². The monoisotopic (exact) mass is 246 g/mol. The van der Waals surface area contributed by atoms with Gasteiger partial charge in [0.05, 0.1) is 17.2 Å². The maximum atomic E-state index is 10.3. The molecule has 80 valence electrons. The normalized spacial score (nSPS) is 10.6. The van der Waals surface area contributed by atoms with Crippen molar-refractivity contribution in [2.45, 2.75) is 0 Å². The molecule has 0 aliphatic carbocycles. The zero-order valence-electron chi connectivity index (χ0n) is 7.83. The quantitative estimate of drug-likeness (QED) is 0.834. The van der Waals surface area contributed by atoms with Gasteiger partial charge in [-0.2, -0.15) is 0 Å². The number of ether oxygens (including phenoxy) is 1. The molecular weight excluding hydrogens is 239 g/mol. The largest absolute Gasteiger partial charge is 0.497 e. The summed E-state index contributed by atoms with van der Waals surface area (Å²) < 4.78 is 4.95. The lowest BCUT2D eigenvalue weighted by atomic mass is 10.2. The number of hydrogen-bond acceptors (Lipinski definition) is 2. The maximum Gasteiger partial charge on any atom is 0.328 e. The highest BCUT2D eigenvalue weighted by Gasteiger charge is 2.06. The van der Waals surface area contributed by atoms with Crippen molar-refractivity contribution >= 4 is 35.2 Å². The molecule has 0 aliphatic rings. The molecular formula is C10H8Cl2O3. The molecule has 1 rings (SSSR count). The van der Waals surface area contributed by atoms with Crippen molar-refractivity contribution in [3.63, 3.8) is 0 Å². The molecule has 0 aliphatic heterocycles. The SMILES string of the molecule is COc1cc(Cl)c(/C=C/C(=O)O)c(Cl)c1. The summed E-state index contributed by atoms with van der Waals surface area (Å²) in [7, 11) is 1.49. The highest BCUT2D eigenvalue weighted by molar-refractivity contribution is 6.37. The number of methoxy groups -OCH3 is 1. The summed E-state index contributed by atoms with van der Waals surface area (Å²) in [6.45, 7) is 0. The van der Waals surface area contributed by atoms with Crippen LogP contribution in [0.2, 0.25) is 10.0 Å². The summed E-state index contributed by atoms with van der Waals surface area (Å²) in [5.74, 6) is -0.532. The topological polar surface area (TPSA) is 46.5 Å². The summed E-state index contributed by atoms with van der Waals surface area (Å²) in [6.07, 6.45) is 2.31. The van der Waals surface area contributed by atoms with Gasteiger partial charge in [-0.05, 0) is 18.2 Å². The van der Waals surface area contributed by atoms with Crippen molar-refractivity contribution in [1.82, 2.24) is 0 Å². The molecule has 1 aromatic rings. The smallest absolute Gasteiger partial charge is 0.328 e. The molecule has 0 aromatic heterocycles. The molecule has 0 amide bonds. The summed E-state index contributed by atoms with van der Waals surface area (Å²) in [5.41, 5.74) is 0.460. The van der Waals surface area contributed by atoms with E-state index >= 15 is 0 Å². The van der Waals surface area contributed by atoms with E-state index in [4.69, 9.17) is 33.0 Å². The van der Waals surface area contributed by atoms with E-state index in [0.29, 0.717) is 21.4 Å². The summed E-state index contributed by atoms with van der Waals surface area (Å²) >= 11 is 11.8. The van der Waals surface area contributed by atoms with Crippen LogP contribution in [0.5, 0.6) is 5.75 Å². The van der Waals surface area contributed by atoms with E-state index in [2.05, 4.69) is 0 Å². The third kappa shape index (κ3) is 3.15. The fraction of sp³-hybridized carbons (Fsp3) is 0.100. The summed E-state index contributed by atoms with van der Waals surface area (Å²) in [5, 5.41) is 9.15. The van der Waals surface area contributed by atoms with Crippen LogP contribution in [0.4, 0.5) is 0 Å². The highest BCUT2D eigenvalue weighted by Crippen LogP contribution is 2.31. The van der Waals surface area contributed by atoms with Crippen LogP contribution in [0.15, 0.2) is 18.2 Å². The molecule has 0 atom stereocenters. The number of aliphatic carboxylic acids is 1. The van der Waals surface area contributed by atoms with Gasteiger partial charge in [0.15, 0.2) is 0 Å². The Labute approximate surface area is 96.9 Å². The lowest BCUT2D eigenvalue weighted by Crippen LogP contribution is -1.88. The molecule has 0 unspecified atom stereocenters. The minimum atomic E-state index is -1.06. The molecule has 0 radical (unpaired) electrons. The molecule has 5 heteroatoms. The Bertz CT molecular complexity index is 390. The second kappa shape index (κ2) is 5.05. The van der Waals surface area contributed by atoms with Crippen LogP contribution >= 0.6 is 23.2 Å². The van der Waals surface area contributed by atoms with Gasteiger partial charge in [0.1, 0.15) is 5.75 Å². The van der Waals surface area contributed by atoms with Crippen LogP contribution in [0.25, 0.3) is 6.08 Å².